The number of hydrogen-bond acceptors (Lipinski definition) is 4. The van der Waals surface area contributed by atoms with E-state index in [2.05, 4.69) is 5.32 Å². The van der Waals surface area contributed by atoms with Crippen LogP contribution in [0.15, 0.2) is 30.3 Å². The maximum Gasteiger partial charge on any atom is 0.340 e. The van der Waals surface area contributed by atoms with Crippen LogP contribution in [0.1, 0.15) is 31.2 Å². The zero-order valence-electron chi connectivity index (χ0n) is 11.5. The Bertz CT molecular complexity index is 644. The third-order valence-corrected chi connectivity index (χ3v) is 3.77. The first-order chi connectivity index (χ1) is 9.51. The van der Waals surface area contributed by atoms with Gasteiger partial charge in [-0.1, -0.05) is 17.7 Å². The number of anilines is 1. The smallest absolute Gasteiger partial charge is 0.340 e. The normalized spacial score (nSPS) is 10.2. The van der Waals surface area contributed by atoms with Crippen molar-refractivity contribution in [3.05, 3.63) is 51.9 Å². The number of carbonyl (C=O) groups is 2. The summed E-state index contributed by atoms with van der Waals surface area (Å²) < 4.78 is 4.71. The standard InChI is InChI=1S/C15H15NO3S/c1-9-4-6-11(7-5-9)13(17)16-14-12(15(18)19-3)8-10(2)20-14/h4-8H,1-3H3,(H,16,17). The first-order valence-corrected chi connectivity index (χ1v) is 6.89. The molecule has 0 radical (unpaired) electrons. The Kier molecular flexibility index (Phi) is 4.20. The topological polar surface area (TPSA) is 55.4 Å². The summed E-state index contributed by atoms with van der Waals surface area (Å²) in [5.74, 6) is -0.689. The molecule has 0 saturated carbocycles. The van der Waals surface area contributed by atoms with Crippen LogP contribution in [0, 0.1) is 13.8 Å². The van der Waals surface area contributed by atoms with Gasteiger partial charge in [-0.3, -0.25) is 4.79 Å². The molecule has 1 aromatic heterocycles. The summed E-state index contributed by atoms with van der Waals surface area (Å²) in [5, 5.41) is 3.27. The fraction of sp³-hybridized carbons (Fsp3) is 0.200. The molecule has 0 aliphatic rings. The van der Waals surface area contributed by atoms with Gasteiger partial charge in [0.15, 0.2) is 0 Å². The van der Waals surface area contributed by atoms with Gasteiger partial charge in [0.1, 0.15) is 5.00 Å². The highest BCUT2D eigenvalue weighted by atomic mass is 32.1. The molecule has 104 valence electrons. The van der Waals surface area contributed by atoms with Crippen molar-refractivity contribution in [3.8, 4) is 0 Å². The molecule has 1 heterocycles. The first-order valence-electron chi connectivity index (χ1n) is 6.08. The van der Waals surface area contributed by atoms with Gasteiger partial charge in [-0.05, 0) is 32.0 Å². The van der Waals surface area contributed by atoms with Gasteiger partial charge in [-0.2, -0.15) is 0 Å². The third kappa shape index (κ3) is 3.05. The second kappa shape index (κ2) is 5.88. The molecule has 0 aliphatic carbocycles. The predicted molar refractivity (Wildman–Crippen MR) is 79.5 cm³/mol. The van der Waals surface area contributed by atoms with Crippen molar-refractivity contribution < 1.29 is 14.3 Å². The fourth-order valence-electron chi connectivity index (χ4n) is 1.75. The van der Waals surface area contributed by atoms with Crippen molar-refractivity contribution >= 4 is 28.2 Å². The number of rotatable bonds is 3. The second-order valence-electron chi connectivity index (χ2n) is 4.41. The van der Waals surface area contributed by atoms with Crippen LogP contribution < -0.4 is 5.32 Å². The molecule has 0 spiro atoms. The lowest BCUT2D eigenvalue weighted by molar-refractivity contribution is 0.0602. The number of carbonyl (C=O) groups excluding carboxylic acids is 2. The highest BCUT2D eigenvalue weighted by Gasteiger charge is 2.17. The number of nitrogens with one attached hydrogen (secondary N) is 1. The van der Waals surface area contributed by atoms with Crippen LogP contribution >= 0.6 is 11.3 Å². The van der Waals surface area contributed by atoms with Gasteiger partial charge in [0.2, 0.25) is 0 Å². The Balaban J connectivity index is 2.23. The molecule has 1 amide bonds. The van der Waals surface area contributed by atoms with Gasteiger partial charge in [-0.25, -0.2) is 4.79 Å². The van der Waals surface area contributed by atoms with E-state index in [4.69, 9.17) is 4.74 Å². The van der Waals surface area contributed by atoms with Crippen molar-refractivity contribution in [3.63, 3.8) is 0 Å². The molecule has 1 N–H and O–H groups in total. The van der Waals surface area contributed by atoms with Crippen LogP contribution in [0.3, 0.4) is 0 Å². The molecule has 0 saturated heterocycles. The SMILES string of the molecule is COC(=O)c1cc(C)sc1NC(=O)c1ccc(C)cc1. The summed E-state index contributed by atoms with van der Waals surface area (Å²) in [5.41, 5.74) is 2.02. The second-order valence-corrected chi connectivity index (χ2v) is 5.67. The molecule has 0 fully saturated rings. The average Bonchev–Trinajstić information content (AvgIpc) is 2.79. The Labute approximate surface area is 121 Å². The molecule has 20 heavy (non-hydrogen) atoms. The number of methoxy groups -OCH3 is 1. The predicted octanol–water partition coefficient (Wildman–Crippen LogP) is 3.40. The van der Waals surface area contributed by atoms with E-state index in [1.807, 2.05) is 26.0 Å². The molecule has 2 aromatic rings. The van der Waals surface area contributed by atoms with Crippen LogP contribution in [0.2, 0.25) is 0 Å². The summed E-state index contributed by atoms with van der Waals surface area (Å²) in [7, 11) is 1.32. The van der Waals surface area contributed by atoms with Crippen molar-refractivity contribution in [2.45, 2.75) is 13.8 Å². The van der Waals surface area contributed by atoms with Crippen LogP contribution in [0.25, 0.3) is 0 Å². The van der Waals surface area contributed by atoms with E-state index in [1.165, 1.54) is 18.4 Å². The fourth-order valence-corrected chi connectivity index (χ4v) is 2.64. The molecule has 4 nitrogen and oxygen atoms in total. The van der Waals surface area contributed by atoms with Crippen LogP contribution in [0.5, 0.6) is 0 Å². The Morgan fingerprint density at radius 2 is 1.80 bits per heavy atom. The number of aryl methyl sites for hydroxylation is 2. The van der Waals surface area contributed by atoms with E-state index >= 15 is 0 Å². The average molecular weight is 289 g/mol. The Morgan fingerprint density at radius 3 is 2.40 bits per heavy atom. The zero-order chi connectivity index (χ0) is 14.7. The number of amides is 1. The van der Waals surface area contributed by atoms with E-state index in [9.17, 15) is 9.59 Å². The molecule has 0 aliphatic heterocycles. The van der Waals surface area contributed by atoms with E-state index in [0.29, 0.717) is 16.1 Å². The van der Waals surface area contributed by atoms with E-state index < -0.39 is 5.97 Å². The Hall–Kier alpha value is -2.14. The zero-order valence-corrected chi connectivity index (χ0v) is 12.3. The van der Waals surface area contributed by atoms with Crippen LogP contribution in [0.4, 0.5) is 5.00 Å². The highest BCUT2D eigenvalue weighted by Crippen LogP contribution is 2.28. The summed E-state index contributed by atoms with van der Waals surface area (Å²) >= 11 is 1.35. The molecule has 1 aromatic carbocycles. The lowest BCUT2D eigenvalue weighted by Crippen LogP contribution is -2.13. The quantitative estimate of drug-likeness (QED) is 0.881. The number of ether oxygens (including phenoxy) is 1. The summed E-state index contributed by atoms with van der Waals surface area (Å²) in [6.45, 7) is 3.83. The molecular formula is C15H15NO3S. The number of thiophene rings is 1. The lowest BCUT2D eigenvalue weighted by Gasteiger charge is -2.05. The third-order valence-electron chi connectivity index (χ3n) is 2.80. The van der Waals surface area contributed by atoms with Crippen molar-refractivity contribution in [2.75, 3.05) is 12.4 Å². The highest BCUT2D eigenvalue weighted by molar-refractivity contribution is 7.16. The minimum Gasteiger partial charge on any atom is -0.465 e. The Morgan fingerprint density at radius 1 is 1.15 bits per heavy atom. The largest absolute Gasteiger partial charge is 0.465 e. The van der Waals surface area contributed by atoms with Crippen molar-refractivity contribution in [1.29, 1.82) is 0 Å². The summed E-state index contributed by atoms with van der Waals surface area (Å²) in [6, 6.07) is 8.96. The molecule has 0 unspecified atom stereocenters. The van der Waals surface area contributed by atoms with Gasteiger partial charge < -0.3 is 10.1 Å². The van der Waals surface area contributed by atoms with Crippen LogP contribution in [-0.2, 0) is 4.74 Å². The van der Waals surface area contributed by atoms with E-state index in [-0.39, 0.29) is 5.91 Å². The van der Waals surface area contributed by atoms with E-state index in [1.54, 1.807) is 18.2 Å². The maximum absolute atomic E-state index is 12.1. The summed E-state index contributed by atoms with van der Waals surface area (Å²) in [6.07, 6.45) is 0. The molecule has 2 rings (SSSR count). The van der Waals surface area contributed by atoms with Gasteiger partial charge >= 0.3 is 5.97 Å². The van der Waals surface area contributed by atoms with Crippen LogP contribution in [-0.4, -0.2) is 19.0 Å². The molecule has 0 bridgehead atoms. The summed E-state index contributed by atoms with van der Waals surface area (Å²) in [4.78, 5) is 24.7. The molecule has 0 atom stereocenters. The minimum atomic E-state index is -0.450. The van der Waals surface area contributed by atoms with Gasteiger partial charge in [0.25, 0.3) is 5.91 Å². The lowest BCUT2D eigenvalue weighted by atomic mass is 10.1. The maximum atomic E-state index is 12.1. The van der Waals surface area contributed by atoms with Crippen molar-refractivity contribution in [1.82, 2.24) is 0 Å². The van der Waals surface area contributed by atoms with Gasteiger partial charge in [0.05, 0.1) is 12.7 Å². The van der Waals surface area contributed by atoms with Crippen molar-refractivity contribution in [2.24, 2.45) is 0 Å². The molecule has 5 heteroatoms. The number of hydrogen-bond donors (Lipinski definition) is 1. The molecular weight excluding hydrogens is 274 g/mol. The minimum absolute atomic E-state index is 0.239. The first kappa shape index (κ1) is 14.3. The number of benzene rings is 1. The van der Waals surface area contributed by atoms with Gasteiger partial charge in [-0.15, -0.1) is 11.3 Å². The number of esters is 1. The monoisotopic (exact) mass is 289 g/mol. The van der Waals surface area contributed by atoms with Gasteiger partial charge in [0, 0.05) is 10.4 Å². The van der Waals surface area contributed by atoms with E-state index in [0.717, 1.165) is 10.4 Å².